The highest BCUT2D eigenvalue weighted by Crippen LogP contribution is 2.35. The summed E-state index contributed by atoms with van der Waals surface area (Å²) >= 11 is 8.13. The van der Waals surface area contributed by atoms with Crippen LogP contribution in [0, 0.1) is 0 Å². The topological polar surface area (TPSA) is 61.0 Å². The van der Waals surface area contributed by atoms with Gasteiger partial charge in [-0.1, -0.05) is 18.5 Å². The van der Waals surface area contributed by atoms with Crippen LogP contribution < -0.4 is 10.5 Å². The van der Waals surface area contributed by atoms with E-state index in [-0.39, 0.29) is 12.1 Å². The van der Waals surface area contributed by atoms with E-state index in [4.69, 9.17) is 22.1 Å². The molecule has 0 aliphatic heterocycles. The molecule has 2 heterocycles. The van der Waals surface area contributed by atoms with Crippen molar-refractivity contribution in [3.05, 3.63) is 29.2 Å². The molecule has 0 amide bonds. The van der Waals surface area contributed by atoms with Crippen LogP contribution in [0.1, 0.15) is 51.1 Å². The minimum atomic E-state index is -0.0696. The second-order valence-corrected chi connectivity index (χ2v) is 8.17. The third-order valence-corrected chi connectivity index (χ3v) is 5.91. The number of thioether (sulfide) groups is 1. The van der Waals surface area contributed by atoms with Crippen molar-refractivity contribution in [2.45, 2.75) is 56.9 Å². The Kier molecular flexibility index (Phi) is 5.85. The van der Waals surface area contributed by atoms with Gasteiger partial charge in [-0.3, -0.25) is 0 Å². The molecule has 130 valence electrons. The number of ether oxygens (including phenoxy) is 1. The van der Waals surface area contributed by atoms with Crippen molar-refractivity contribution in [1.29, 1.82) is 0 Å². The monoisotopic (exact) mass is 365 g/mol. The van der Waals surface area contributed by atoms with Crippen LogP contribution in [0.15, 0.2) is 18.5 Å². The van der Waals surface area contributed by atoms with E-state index in [0.717, 1.165) is 40.2 Å². The Hall–Kier alpha value is -1.04. The van der Waals surface area contributed by atoms with Crippen LogP contribution in [-0.2, 0) is 0 Å². The van der Waals surface area contributed by atoms with Gasteiger partial charge in [0.2, 0.25) is 5.88 Å². The molecule has 2 aromatic rings. The molecule has 2 aromatic heterocycles. The number of pyridine rings is 2. The molecule has 1 saturated carbocycles. The summed E-state index contributed by atoms with van der Waals surface area (Å²) in [6.45, 7) is 4.15. The highest BCUT2D eigenvalue weighted by molar-refractivity contribution is 8.00. The number of nitrogens with zero attached hydrogens (tertiary/aromatic N) is 2. The summed E-state index contributed by atoms with van der Waals surface area (Å²) in [5, 5.41) is 3.20. The molecule has 2 atom stereocenters. The Bertz CT molecular complexity index is 708. The quantitative estimate of drug-likeness (QED) is 0.684. The third kappa shape index (κ3) is 4.32. The van der Waals surface area contributed by atoms with E-state index in [1.165, 1.54) is 12.8 Å². The largest absolute Gasteiger partial charge is 0.474 e. The molecule has 6 heteroatoms. The summed E-state index contributed by atoms with van der Waals surface area (Å²) < 4.78 is 6.09. The van der Waals surface area contributed by atoms with E-state index in [1.54, 1.807) is 6.20 Å². The maximum absolute atomic E-state index is 6.21. The highest BCUT2D eigenvalue weighted by Gasteiger charge is 2.22. The van der Waals surface area contributed by atoms with Gasteiger partial charge in [-0.15, -0.1) is 0 Å². The zero-order chi connectivity index (χ0) is 17.1. The molecule has 4 nitrogen and oxygen atoms in total. The summed E-state index contributed by atoms with van der Waals surface area (Å²) in [4.78, 5) is 8.70. The molecule has 1 aliphatic rings. The Balaban J connectivity index is 1.79. The standard InChI is InChI=1S/C18H24ClN3OS/c1-3-16(20)14-9-22-18(15-10-21-17(19)8-13(14)15)23-11(2)6-7-24-12-4-5-12/h8-12,16H,3-7,20H2,1-2H3. The second-order valence-electron chi connectivity index (χ2n) is 6.37. The van der Waals surface area contributed by atoms with Gasteiger partial charge in [0.25, 0.3) is 0 Å². The van der Waals surface area contributed by atoms with E-state index < -0.39 is 0 Å². The van der Waals surface area contributed by atoms with Gasteiger partial charge in [0.15, 0.2) is 0 Å². The van der Waals surface area contributed by atoms with Crippen LogP contribution in [0.5, 0.6) is 5.88 Å². The fourth-order valence-electron chi connectivity index (χ4n) is 2.60. The normalized spacial score (nSPS) is 17.0. The number of nitrogens with two attached hydrogens (primary N) is 1. The Labute approximate surface area is 152 Å². The van der Waals surface area contributed by atoms with Crippen molar-refractivity contribution < 1.29 is 4.74 Å². The van der Waals surface area contributed by atoms with Gasteiger partial charge in [0, 0.05) is 23.7 Å². The fraction of sp³-hybridized carbons (Fsp3) is 0.556. The maximum Gasteiger partial charge on any atom is 0.223 e. The van der Waals surface area contributed by atoms with Crippen molar-refractivity contribution in [2.24, 2.45) is 5.73 Å². The van der Waals surface area contributed by atoms with Gasteiger partial charge in [0.05, 0.1) is 11.5 Å². The summed E-state index contributed by atoms with van der Waals surface area (Å²) in [5.74, 6) is 1.75. The molecule has 2 N–H and O–H groups in total. The summed E-state index contributed by atoms with van der Waals surface area (Å²) in [6, 6.07) is 1.78. The lowest BCUT2D eigenvalue weighted by molar-refractivity contribution is 0.213. The van der Waals surface area contributed by atoms with Gasteiger partial charge < -0.3 is 10.5 Å². The second kappa shape index (κ2) is 7.89. The molecule has 24 heavy (non-hydrogen) atoms. The third-order valence-electron chi connectivity index (χ3n) is 4.29. The molecule has 3 rings (SSSR count). The van der Waals surface area contributed by atoms with Crippen LogP contribution in [0.25, 0.3) is 10.8 Å². The first-order valence-electron chi connectivity index (χ1n) is 8.56. The predicted molar refractivity (Wildman–Crippen MR) is 102 cm³/mol. The molecule has 1 fully saturated rings. The number of halogens is 1. The average Bonchev–Trinajstić information content (AvgIpc) is 3.38. The van der Waals surface area contributed by atoms with Crippen molar-refractivity contribution in [3.8, 4) is 5.88 Å². The lowest BCUT2D eigenvalue weighted by Crippen LogP contribution is -2.15. The van der Waals surface area contributed by atoms with Crippen LogP contribution >= 0.6 is 23.4 Å². The number of hydrogen-bond donors (Lipinski definition) is 1. The SMILES string of the molecule is CCC(N)c1cnc(OC(C)CCSC2CC2)c2cnc(Cl)cc12. The Morgan fingerprint density at radius 2 is 2.12 bits per heavy atom. The number of fused-ring (bicyclic) bond motifs is 1. The van der Waals surface area contributed by atoms with E-state index in [9.17, 15) is 0 Å². The van der Waals surface area contributed by atoms with Gasteiger partial charge in [0.1, 0.15) is 5.15 Å². The van der Waals surface area contributed by atoms with Crippen molar-refractivity contribution in [1.82, 2.24) is 9.97 Å². The lowest BCUT2D eigenvalue weighted by atomic mass is 10.0. The number of aromatic nitrogens is 2. The minimum absolute atomic E-state index is 0.0696. The van der Waals surface area contributed by atoms with E-state index >= 15 is 0 Å². The molecule has 0 radical (unpaired) electrons. The molecular weight excluding hydrogens is 342 g/mol. The van der Waals surface area contributed by atoms with Crippen LogP contribution in [0.4, 0.5) is 0 Å². The van der Waals surface area contributed by atoms with E-state index in [1.807, 2.05) is 24.0 Å². The van der Waals surface area contributed by atoms with Crippen molar-refractivity contribution in [3.63, 3.8) is 0 Å². The molecule has 0 aromatic carbocycles. The summed E-state index contributed by atoms with van der Waals surface area (Å²) in [7, 11) is 0. The highest BCUT2D eigenvalue weighted by atomic mass is 35.5. The molecule has 2 unspecified atom stereocenters. The lowest BCUT2D eigenvalue weighted by Gasteiger charge is -2.18. The van der Waals surface area contributed by atoms with Crippen LogP contribution in [-0.4, -0.2) is 27.1 Å². The van der Waals surface area contributed by atoms with E-state index in [0.29, 0.717) is 11.0 Å². The zero-order valence-corrected chi connectivity index (χ0v) is 15.7. The first-order valence-corrected chi connectivity index (χ1v) is 9.99. The molecular formula is C18H24ClN3OS. The summed E-state index contributed by atoms with van der Waals surface area (Å²) in [6.07, 6.45) is 8.27. The van der Waals surface area contributed by atoms with E-state index in [2.05, 4.69) is 23.8 Å². The van der Waals surface area contributed by atoms with Crippen LogP contribution in [0.3, 0.4) is 0 Å². The van der Waals surface area contributed by atoms with Gasteiger partial charge in [-0.05, 0) is 55.4 Å². The Morgan fingerprint density at radius 1 is 1.33 bits per heavy atom. The average molecular weight is 366 g/mol. The first-order chi connectivity index (χ1) is 11.6. The first kappa shape index (κ1) is 17.8. The molecule has 0 bridgehead atoms. The molecule has 0 saturated heterocycles. The molecule has 1 aliphatic carbocycles. The van der Waals surface area contributed by atoms with Crippen molar-refractivity contribution in [2.75, 3.05) is 5.75 Å². The zero-order valence-electron chi connectivity index (χ0n) is 14.2. The number of rotatable bonds is 8. The van der Waals surface area contributed by atoms with Gasteiger partial charge in [-0.2, -0.15) is 11.8 Å². The van der Waals surface area contributed by atoms with Gasteiger partial charge in [-0.25, -0.2) is 9.97 Å². The Morgan fingerprint density at radius 3 is 2.83 bits per heavy atom. The fourth-order valence-corrected chi connectivity index (χ4v) is 4.03. The van der Waals surface area contributed by atoms with Crippen LogP contribution in [0.2, 0.25) is 5.15 Å². The molecule has 0 spiro atoms. The smallest absolute Gasteiger partial charge is 0.223 e. The summed E-state index contributed by atoms with van der Waals surface area (Å²) in [5.41, 5.74) is 7.20. The van der Waals surface area contributed by atoms with Crippen molar-refractivity contribution >= 4 is 34.1 Å². The predicted octanol–water partition coefficient (Wildman–Crippen LogP) is 4.75. The van der Waals surface area contributed by atoms with Gasteiger partial charge >= 0.3 is 0 Å². The maximum atomic E-state index is 6.21. The minimum Gasteiger partial charge on any atom is -0.474 e. The number of hydrogen-bond acceptors (Lipinski definition) is 5.